The third-order valence-electron chi connectivity index (χ3n) is 4.91. The molecule has 0 spiro atoms. The first-order valence-corrected chi connectivity index (χ1v) is 9.89. The summed E-state index contributed by atoms with van der Waals surface area (Å²) in [7, 11) is 0. The van der Waals surface area contributed by atoms with Gasteiger partial charge >= 0.3 is 0 Å². The molecule has 158 valence electrons. The summed E-state index contributed by atoms with van der Waals surface area (Å²) in [6, 6.07) is 7.86. The van der Waals surface area contributed by atoms with Gasteiger partial charge in [-0.15, -0.1) is 0 Å². The number of carbonyl (C=O) groups excluding carboxylic acids is 2. The van der Waals surface area contributed by atoms with Gasteiger partial charge < -0.3 is 10.6 Å². The summed E-state index contributed by atoms with van der Waals surface area (Å²) in [5.74, 6) is -0.262. The molecule has 3 rings (SSSR count). The van der Waals surface area contributed by atoms with Crippen LogP contribution in [0.25, 0.3) is 0 Å². The van der Waals surface area contributed by atoms with Crippen LogP contribution in [-0.4, -0.2) is 46.3 Å². The van der Waals surface area contributed by atoms with Crippen molar-refractivity contribution in [2.75, 3.05) is 30.3 Å². The highest BCUT2D eigenvalue weighted by molar-refractivity contribution is 6.30. The first-order valence-electron chi connectivity index (χ1n) is 9.51. The Morgan fingerprint density at radius 2 is 2.10 bits per heavy atom. The summed E-state index contributed by atoms with van der Waals surface area (Å²) in [4.78, 5) is 41.5. The molecular weight excluding hydrogens is 410 g/mol. The predicted molar refractivity (Wildman–Crippen MR) is 114 cm³/mol. The molecule has 0 aliphatic carbocycles. The molecule has 1 aromatic heterocycles. The van der Waals surface area contributed by atoms with Gasteiger partial charge in [-0.1, -0.05) is 17.7 Å². The van der Waals surface area contributed by atoms with Crippen LogP contribution in [0.1, 0.15) is 18.4 Å². The lowest BCUT2D eigenvalue weighted by Gasteiger charge is -2.31. The number of aromatic nitrogens is 1. The fourth-order valence-corrected chi connectivity index (χ4v) is 3.49. The number of hydrogen-bond donors (Lipinski definition) is 2. The molecule has 2 amide bonds. The molecule has 30 heavy (non-hydrogen) atoms. The Morgan fingerprint density at radius 3 is 2.80 bits per heavy atom. The summed E-state index contributed by atoms with van der Waals surface area (Å²) in [5, 5.41) is 17.0. The molecule has 9 nitrogen and oxygen atoms in total. The molecule has 0 bridgehead atoms. The zero-order valence-corrected chi connectivity index (χ0v) is 17.2. The lowest BCUT2D eigenvalue weighted by atomic mass is 9.97. The van der Waals surface area contributed by atoms with Crippen LogP contribution >= 0.6 is 11.6 Å². The van der Waals surface area contributed by atoms with Crippen LogP contribution in [0, 0.1) is 23.0 Å². The summed E-state index contributed by atoms with van der Waals surface area (Å²) in [6.07, 6.45) is 2.97. The Hall–Kier alpha value is -3.04. The number of nitrogens with one attached hydrogen (secondary N) is 2. The van der Waals surface area contributed by atoms with Gasteiger partial charge in [0.25, 0.3) is 5.69 Å². The largest absolute Gasteiger partial charge is 0.325 e. The topological polar surface area (TPSA) is 117 Å². The number of nitrogens with zero attached hydrogens (tertiary/aromatic N) is 3. The van der Waals surface area contributed by atoms with E-state index < -0.39 is 4.92 Å². The molecule has 10 heteroatoms. The number of rotatable bonds is 6. The SMILES string of the molecule is Cc1ccc(NC(=O)CN2CCCC(C(=O)Nc3ccc(Cl)cn3)C2)cc1[N+](=O)[O-]. The van der Waals surface area contributed by atoms with Gasteiger partial charge in [0, 0.05) is 30.1 Å². The van der Waals surface area contributed by atoms with E-state index >= 15 is 0 Å². The number of halogens is 1. The number of pyridine rings is 1. The Labute approximate surface area is 178 Å². The number of likely N-dealkylation sites (tertiary alicyclic amines) is 1. The van der Waals surface area contributed by atoms with Crippen molar-refractivity contribution < 1.29 is 14.5 Å². The van der Waals surface area contributed by atoms with E-state index in [0.717, 1.165) is 12.8 Å². The molecule has 1 aliphatic rings. The quantitative estimate of drug-likeness (QED) is 0.535. The van der Waals surface area contributed by atoms with Gasteiger partial charge in [-0.3, -0.25) is 24.6 Å². The molecule has 0 saturated carbocycles. The highest BCUT2D eigenvalue weighted by Crippen LogP contribution is 2.23. The van der Waals surface area contributed by atoms with Crippen LogP contribution in [0.3, 0.4) is 0 Å². The fourth-order valence-electron chi connectivity index (χ4n) is 3.38. The van der Waals surface area contributed by atoms with Gasteiger partial charge in [-0.05, 0) is 44.5 Å². The van der Waals surface area contributed by atoms with Crippen LogP contribution in [0.4, 0.5) is 17.2 Å². The number of hydrogen-bond acceptors (Lipinski definition) is 6. The molecule has 2 aromatic rings. The van der Waals surface area contributed by atoms with Crippen molar-refractivity contribution in [3.8, 4) is 0 Å². The Bertz CT molecular complexity index is 951. The number of aryl methyl sites for hydroxylation is 1. The summed E-state index contributed by atoms with van der Waals surface area (Å²) < 4.78 is 0. The molecular formula is C20H22ClN5O4. The van der Waals surface area contributed by atoms with Crippen molar-refractivity contribution >= 4 is 40.6 Å². The van der Waals surface area contributed by atoms with Gasteiger partial charge in [-0.2, -0.15) is 0 Å². The highest BCUT2D eigenvalue weighted by Gasteiger charge is 2.27. The fraction of sp³-hybridized carbons (Fsp3) is 0.350. The summed E-state index contributed by atoms with van der Waals surface area (Å²) >= 11 is 5.80. The average molecular weight is 432 g/mol. The van der Waals surface area contributed by atoms with E-state index in [1.54, 1.807) is 31.2 Å². The average Bonchev–Trinajstić information content (AvgIpc) is 2.71. The third kappa shape index (κ3) is 5.74. The molecule has 1 aromatic carbocycles. The second-order valence-electron chi connectivity index (χ2n) is 7.23. The van der Waals surface area contributed by atoms with Crippen LogP contribution in [0.5, 0.6) is 0 Å². The summed E-state index contributed by atoms with van der Waals surface area (Å²) in [6.45, 7) is 2.89. The van der Waals surface area contributed by atoms with E-state index in [1.165, 1.54) is 12.3 Å². The monoisotopic (exact) mass is 431 g/mol. The molecule has 0 radical (unpaired) electrons. The van der Waals surface area contributed by atoms with E-state index in [4.69, 9.17) is 11.6 Å². The van der Waals surface area contributed by atoms with Crippen LogP contribution in [0.15, 0.2) is 36.5 Å². The molecule has 2 heterocycles. The molecule has 1 saturated heterocycles. The van der Waals surface area contributed by atoms with Gasteiger partial charge in [0.05, 0.1) is 22.4 Å². The van der Waals surface area contributed by atoms with Crippen molar-refractivity contribution in [3.63, 3.8) is 0 Å². The third-order valence-corrected chi connectivity index (χ3v) is 5.14. The van der Waals surface area contributed by atoms with Crippen LogP contribution in [-0.2, 0) is 9.59 Å². The molecule has 1 fully saturated rings. The standard InChI is InChI=1S/C20H22ClN5O4/c1-13-4-6-16(9-17(13)26(29)30)23-19(27)12-25-8-2-3-14(11-25)20(28)24-18-7-5-15(21)10-22-18/h4-7,9-10,14H,2-3,8,11-12H2,1H3,(H,23,27)(H,22,24,28). The Balaban J connectivity index is 1.54. The number of amides is 2. The predicted octanol–water partition coefficient (Wildman–Crippen LogP) is 3.24. The zero-order valence-electron chi connectivity index (χ0n) is 16.4. The van der Waals surface area contributed by atoms with Crippen molar-refractivity contribution in [1.82, 2.24) is 9.88 Å². The zero-order chi connectivity index (χ0) is 21.7. The Kier molecular flexibility index (Phi) is 6.96. The van der Waals surface area contributed by atoms with E-state index in [2.05, 4.69) is 15.6 Å². The van der Waals surface area contributed by atoms with E-state index in [-0.39, 0.29) is 30.0 Å². The maximum atomic E-state index is 12.5. The van der Waals surface area contributed by atoms with Gasteiger partial charge in [0.2, 0.25) is 11.8 Å². The van der Waals surface area contributed by atoms with E-state index in [0.29, 0.717) is 35.2 Å². The minimum Gasteiger partial charge on any atom is -0.325 e. The minimum atomic E-state index is -0.478. The minimum absolute atomic E-state index is 0.0432. The van der Waals surface area contributed by atoms with E-state index in [1.807, 2.05) is 4.90 Å². The normalized spacial score (nSPS) is 16.7. The maximum absolute atomic E-state index is 12.5. The molecule has 1 atom stereocenters. The van der Waals surface area contributed by atoms with Gasteiger partial charge in [0.1, 0.15) is 5.82 Å². The number of benzene rings is 1. The van der Waals surface area contributed by atoms with Crippen LogP contribution in [0.2, 0.25) is 5.02 Å². The first kappa shape index (κ1) is 21.7. The van der Waals surface area contributed by atoms with Crippen molar-refractivity contribution in [1.29, 1.82) is 0 Å². The second-order valence-corrected chi connectivity index (χ2v) is 7.67. The maximum Gasteiger partial charge on any atom is 0.274 e. The van der Waals surface area contributed by atoms with Crippen molar-refractivity contribution in [2.24, 2.45) is 5.92 Å². The van der Waals surface area contributed by atoms with E-state index in [9.17, 15) is 19.7 Å². The second kappa shape index (κ2) is 9.64. The van der Waals surface area contributed by atoms with Crippen molar-refractivity contribution in [2.45, 2.75) is 19.8 Å². The Morgan fingerprint density at radius 1 is 1.30 bits per heavy atom. The number of nitro benzene ring substituents is 1. The van der Waals surface area contributed by atoms with Crippen LogP contribution < -0.4 is 10.6 Å². The number of anilines is 2. The number of nitro groups is 1. The lowest BCUT2D eigenvalue weighted by molar-refractivity contribution is -0.385. The molecule has 2 N–H and O–H groups in total. The first-order chi connectivity index (χ1) is 14.3. The van der Waals surface area contributed by atoms with Crippen molar-refractivity contribution in [3.05, 3.63) is 57.2 Å². The molecule has 1 aliphatic heterocycles. The highest BCUT2D eigenvalue weighted by atomic mass is 35.5. The van der Waals surface area contributed by atoms with Gasteiger partial charge in [0.15, 0.2) is 0 Å². The lowest BCUT2D eigenvalue weighted by Crippen LogP contribution is -2.44. The number of piperidine rings is 1. The molecule has 1 unspecified atom stereocenters. The van der Waals surface area contributed by atoms with Gasteiger partial charge in [-0.25, -0.2) is 4.98 Å². The number of carbonyl (C=O) groups is 2. The smallest absolute Gasteiger partial charge is 0.274 e. The summed E-state index contributed by atoms with van der Waals surface area (Å²) in [5.41, 5.74) is 0.855.